The lowest BCUT2D eigenvalue weighted by Crippen LogP contribution is -2.09. The van der Waals surface area contributed by atoms with Crippen molar-refractivity contribution in [3.63, 3.8) is 0 Å². The first kappa shape index (κ1) is 17.1. The highest BCUT2D eigenvalue weighted by Gasteiger charge is 2.03. The Hall–Kier alpha value is -0.920. The molecule has 0 bridgehead atoms. The van der Waals surface area contributed by atoms with Crippen LogP contribution in [0.1, 0.15) is 26.2 Å². The second-order valence-corrected chi connectivity index (χ2v) is 5.45. The number of hydrogen-bond acceptors (Lipinski definition) is 5. The third-order valence-corrected chi connectivity index (χ3v) is 2.76. The van der Waals surface area contributed by atoms with Gasteiger partial charge in [0.25, 0.3) is 10.1 Å². The minimum atomic E-state index is -3.89. The lowest BCUT2D eigenvalue weighted by molar-refractivity contribution is -0.139. The summed E-state index contributed by atoms with van der Waals surface area (Å²) in [5.74, 6) is -0.687. The van der Waals surface area contributed by atoms with Gasteiger partial charge in [-0.2, -0.15) is 8.42 Å². The van der Waals surface area contributed by atoms with Crippen LogP contribution in [0.15, 0.2) is 12.2 Å². The van der Waals surface area contributed by atoms with Crippen molar-refractivity contribution in [2.75, 3.05) is 25.6 Å². The van der Waals surface area contributed by atoms with Crippen LogP contribution >= 0.6 is 0 Å². The van der Waals surface area contributed by atoms with Gasteiger partial charge in [-0.05, 0) is 26.2 Å². The molecule has 6 nitrogen and oxygen atoms in total. The van der Waals surface area contributed by atoms with Gasteiger partial charge in [0.1, 0.15) is 0 Å². The standard InChI is InChI=1S/C11H20O6S/c1-10(2)11(12)17-8-4-3-6-16-7-5-9-18(13,14)15/h1,3-9H2,2H3,(H,13,14,15). The molecular weight excluding hydrogens is 260 g/mol. The highest BCUT2D eigenvalue weighted by Crippen LogP contribution is 1.97. The van der Waals surface area contributed by atoms with Crippen molar-refractivity contribution in [1.29, 1.82) is 0 Å². The van der Waals surface area contributed by atoms with E-state index >= 15 is 0 Å². The fraction of sp³-hybridized carbons (Fsp3) is 0.727. The predicted octanol–water partition coefficient (Wildman–Crippen LogP) is 1.18. The van der Waals surface area contributed by atoms with Crippen LogP contribution in [0.5, 0.6) is 0 Å². The van der Waals surface area contributed by atoms with E-state index in [9.17, 15) is 13.2 Å². The Balaban J connectivity index is 3.27. The number of unbranched alkanes of at least 4 members (excludes halogenated alkanes) is 1. The molecule has 0 fully saturated rings. The summed E-state index contributed by atoms with van der Waals surface area (Å²) in [5.41, 5.74) is 0.372. The summed E-state index contributed by atoms with van der Waals surface area (Å²) < 4.78 is 39.2. The maximum atomic E-state index is 11.0. The highest BCUT2D eigenvalue weighted by molar-refractivity contribution is 7.85. The SMILES string of the molecule is C=C(C)C(=O)OCCCCOCCCS(=O)(=O)O. The Bertz CT molecular complexity index is 360. The zero-order chi connectivity index (χ0) is 14.0. The van der Waals surface area contributed by atoms with E-state index in [1.54, 1.807) is 6.92 Å². The minimum Gasteiger partial charge on any atom is -0.462 e. The normalized spacial score (nSPS) is 11.2. The number of hydrogen-bond donors (Lipinski definition) is 1. The third-order valence-electron chi connectivity index (χ3n) is 1.96. The van der Waals surface area contributed by atoms with Crippen molar-refractivity contribution in [3.8, 4) is 0 Å². The molecule has 1 N–H and O–H groups in total. The molecule has 0 saturated heterocycles. The van der Waals surface area contributed by atoms with Crippen molar-refractivity contribution in [3.05, 3.63) is 12.2 Å². The number of rotatable bonds is 10. The second kappa shape index (κ2) is 9.07. The first-order valence-electron chi connectivity index (χ1n) is 5.68. The highest BCUT2D eigenvalue weighted by atomic mass is 32.2. The monoisotopic (exact) mass is 280 g/mol. The van der Waals surface area contributed by atoms with Crippen molar-refractivity contribution in [2.24, 2.45) is 0 Å². The van der Waals surface area contributed by atoms with Gasteiger partial charge in [0, 0.05) is 18.8 Å². The first-order chi connectivity index (χ1) is 8.33. The fourth-order valence-electron chi connectivity index (χ4n) is 1.04. The molecule has 0 saturated carbocycles. The van der Waals surface area contributed by atoms with Gasteiger partial charge in [-0.25, -0.2) is 4.79 Å². The Labute approximate surface area is 108 Å². The number of esters is 1. The summed E-state index contributed by atoms with van der Waals surface area (Å²) in [6, 6.07) is 0. The van der Waals surface area contributed by atoms with E-state index in [1.165, 1.54) is 0 Å². The number of ether oxygens (including phenoxy) is 2. The first-order valence-corrected chi connectivity index (χ1v) is 7.29. The molecule has 0 amide bonds. The van der Waals surface area contributed by atoms with Gasteiger partial charge >= 0.3 is 5.97 Å². The Morgan fingerprint density at radius 1 is 1.17 bits per heavy atom. The number of carbonyl (C=O) groups excluding carboxylic acids is 1. The summed E-state index contributed by atoms with van der Waals surface area (Å²) in [7, 11) is -3.89. The lowest BCUT2D eigenvalue weighted by Gasteiger charge is -2.05. The molecule has 0 aliphatic heterocycles. The molecule has 0 aromatic carbocycles. The van der Waals surface area contributed by atoms with Crippen LogP contribution in [0.2, 0.25) is 0 Å². The van der Waals surface area contributed by atoms with E-state index < -0.39 is 16.1 Å². The average Bonchev–Trinajstić information content (AvgIpc) is 2.24. The fourth-order valence-corrected chi connectivity index (χ4v) is 1.52. The quantitative estimate of drug-likeness (QED) is 0.280. The zero-order valence-electron chi connectivity index (χ0n) is 10.6. The van der Waals surface area contributed by atoms with Gasteiger partial charge in [0.05, 0.1) is 12.4 Å². The largest absolute Gasteiger partial charge is 0.462 e. The molecule has 0 rings (SSSR count). The van der Waals surface area contributed by atoms with Crippen LogP contribution in [-0.2, 0) is 24.4 Å². The molecule has 106 valence electrons. The van der Waals surface area contributed by atoms with Crippen LogP contribution in [0.25, 0.3) is 0 Å². The number of carbonyl (C=O) groups is 1. The van der Waals surface area contributed by atoms with Gasteiger partial charge in [0.15, 0.2) is 0 Å². The summed E-state index contributed by atoms with van der Waals surface area (Å²) in [4.78, 5) is 11.0. The van der Waals surface area contributed by atoms with Crippen LogP contribution in [-0.4, -0.2) is 44.5 Å². The Kier molecular flexibility index (Phi) is 8.61. The van der Waals surface area contributed by atoms with Gasteiger partial charge in [-0.1, -0.05) is 6.58 Å². The molecule has 0 unspecified atom stereocenters. The van der Waals surface area contributed by atoms with E-state index in [2.05, 4.69) is 6.58 Å². The van der Waals surface area contributed by atoms with Gasteiger partial charge < -0.3 is 9.47 Å². The maximum absolute atomic E-state index is 11.0. The topological polar surface area (TPSA) is 89.9 Å². The second-order valence-electron chi connectivity index (χ2n) is 3.88. The summed E-state index contributed by atoms with van der Waals surface area (Å²) in [5, 5.41) is 0. The van der Waals surface area contributed by atoms with E-state index in [1.807, 2.05) is 0 Å². The van der Waals surface area contributed by atoms with Crippen LogP contribution < -0.4 is 0 Å². The van der Waals surface area contributed by atoms with Gasteiger partial charge in [-0.15, -0.1) is 0 Å². The van der Waals surface area contributed by atoms with Crippen molar-refractivity contribution < 1.29 is 27.2 Å². The predicted molar refractivity (Wildman–Crippen MR) is 66.9 cm³/mol. The molecule has 0 aliphatic rings. The zero-order valence-corrected chi connectivity index (χ0v) is 11.4. The smallest absolute Gasteiger partial charge is 0.333 e. The molecule has 0 aliphatic carbocycles. The third kappa shape index (κ3) is 11.6. The molecule has 0 heterocycles. The van der Waals surface area contributed by atoms with E-state index in [0.717, 1.165) is 6.42 Å². The molecule has 0 atom stereocenters. The van der Waals surface area contributed by atoms with Crippen molar-refractivity contribution in [2.45, 2.75) is 26.2 Å². The van der Waals surface area contributed by atoms with E-state index in [4.69, 9.17) is 14.0 Å². The molecule has 0 aromatic heterocycles. The van der Waals surface area contributed by atoms with Crippen LogP contribution in [0.3, 0.4) is 0 Å². The van der Waals surface area contributed by atoms with E-state index in [0.29, 0.717) is 25.2 Å². The molecular formula is C11H20O6S. The Morgan fingerprint density at radius 2 is 1.72 bits per heavy atom. The van der Waals surface area contributed by atoms with Crippen LogP contribution in [0, 0.1) is 0 Å². The Morgan fingerprint density at radius 3 is 2.28 bits per heavy atom. The summed E-state index contributed by atoms with van der Waals surface area (Å²) in [6.45, 7) is 6.11. The molecule has 7 heteroatoms. The summed E-state index contributed by atoms with van der Waals surface area (Å²) in [6.07, 6.45) is 1.66. The average molecular weight is 280 g/mol. The van der Waals surface area contributed by atoms with Crippen molar-refractivity contribution >= 4 is 16.1 Å². The van der Waals surface area contributed by atoms with E-state index in [-0.39, 0.29) is 18.8 Å². The lowest BCUT2D eigenvalue weighted by atomic mass is 10.3. The summed E-state index contributed by atoms with van der Waals surface area (Å²) >= 11 is 0. The van der Waals surface area contributed by atoms with Crippen LogP contribution in [0.4, 0.5) is 0 Å². The molecule has 0 radical (unpaired) electrons. The minimum absolute atomic E-state index is 0.267. The molecule has 0 spiro atoms. The van der Waals surface area contributed by atoms with Gasteiger partial charge in [-0.3, -0.25) is 4.55 Å². The molecule has 0 aromatic rings. The maximum Gasteiger partial charge on any atom is 0.333 e. The van der Waals surface area contributed by atoms with Crippen molar-refractivity contribution in [1.82, 2.24) is 0 Å². The van der Waals surface area contributed by atoms with Gasteiger partial charge in [0.2, 0.25) is 0 Å². The molecule has 18 heavy (non-hydrogen) atoms.